The number of hydrogen-bond acceptors (Lipinski definition) is 5. The summed E-state index contributed by atoms with van der Waals surface area (Å²) in [6.07, 6.45) is 1.51. The van der Waals surface area contributed by atoms with Crippen LogP contribution in [0.1, 0.15) is 18.1 Å². The second-order valence-corrected chi connectivity index (χ2v) is 6.54. The smallest absolute Gasteiger partial charge is 0.279 e. The molecule has 1 aromatic heterocycles. The summed E-state index contributed by atoms with van der Waals surface area (Å²) in [7, 11) is 1.61. The number of para-hydroxylation sites is 1. The normalized spacial score (nSPS) is 15.0. The van der Waals surface area contributed by atoms with Crippen molar-refractivity contribution in [3.8, 4) is 5.75 Å². The summed E-state index contributed by atoms with van der Waals surface area (Å²) in [5, 5.41) is 9.48. The number of carbonyl (C=O) groups excluding carboxylic acids is 1. The van der Waals surface area contributed by atoms with Crippen LogP contribution in [0.2, 0.25) is 5.15 Å². The molecule has 1 amide bonds. The number of fused-ring (bicyclic) bond motifs is 2. The molecule has 0 aliphatic carbocycles. The van der Waals surface area contributed by atoms with Crippen molar-refractivity contribution >= 4 is 46.0 Å². The zero-order chi connectivity index (χ0) is 19.7. The highest BCUT2D eigenvalue weighted by atomic mass is 35.5. The van der Waals surface area contributed by atoms with Gasteiger partial charge >= 0.3 is 0 Å². The minimum absolute atomic E-state index is 0.159. The fraction of sp³-hybridized carbons (Fsp3) is 0.143. The molecule has 0 atom stereocenters. The number of anilines is 1. The van der Waals surface area contributed by atoms with E-state index in [1.807, 2.05) is 55.5 Å². The van der Waals surface area contributed by atoms with E-state index in [1.165, 1.54) is 6.21 Å². The first-order valence-electron chi connectivity index (χ1n) is 8.79. The van der Waals surface area contributed by atoms with Crippen LogP contribution in [-0.2, 0) is 4.79 Å². The Morgan fingerprint density at radius 2 is 2.04 bits per heavy atom. The van der Waals surface area contributed by atoms with Gasteiger partial charge in [-0.1, -0.05) is 29.8 Å². The van der Waals surface area contributed by atoms with E-state index in [4.69, 9.17) is 16.3 Å². The maximum absolute atomic E-state index is 12.6. The molecular formula is C21H17ClN4O2. The first-order valence-corrected chi connectivity index (χ1v) is 9.16. The lowest BCUT2D eigenvalue weighted by Crippen LogP contribution is -2.29. The lowest BCUT2D eigenvalue weighted by molar-refractivity contribution is -0.112. The van der Waals surface area contributed by atoms with Crippen molar-refractivity contribution in [3.05, 3.63) is 64.8 Å². The van der Waals surface area contributed by atoms with Crippen LogP contribution in [0.5, 0.6) is 5.75 Å². The summed E-state index contributed by atoms with van der Waals surface area (Å²) in [6, 6.07) is 15.0. The number of aromatic nitrogens is 1. The van der Waals surface area contributed by atoms with Gasteiger partial charge in [-0.15, -0.1) is 5.10 Å². The molecule has 0 saturated carbocycles. The van der Waals surface area contributed by atoms with Crippen LogP contribution in [-0.4, -0.2) is 36.5 Å². The molecule has 1 aliphatic heterocycles. The lowest BCUT2D eigenvalue weighted by Gasteiger charge is -2.12. The number of methoxy groups -OCH3 is 1. The molecule has 2 aromatic carbocycles. The minimum Gasteiger partial charge on any atom is -0.497 e. The highest BCUT2D eigenvalue weighted by Crippen LogP contribution is 2.29. The SMILES string of the molecule is CCN1C(=O)/C(=N/N=C\c2cc3cc(OC)ccc3nc2Cl)c2ccccc21. The number of ether oxygens (including phenoxy) is 1. The van der Waals surface area contributed by atoms with Crippen molar-refractivity contribution in [2.24, 2.45) is 10.2 Å². The zero-order valence-corrected chi connectivity index (χ0v) is 16.1. The standard InChI is InChI=1S/C21H17ClN4O2/c1-3-26-18-7-5-4-6-16(18)19(21(26)27)25-23-12-14-10-13-11-15(28-2)8-9-17(13)24-20(14)22/h4-12H,3H2,1-2H3/b23-12-,25-19+. The van der Waals surface area contributed by atoms with Crippen LogP contribution in [0.3, 0.4) is 0 Å². The molecule has 0 saturated heterocycles. The van der Waals surface area contributed by atoms with Gasteiger partial charge in [0, 0.05) is 23.1 Å². The van der Waals surface area contributed by atoms with Gasteiger partial charge in [-0.05, 0) is 37.3 Å². The average molecular weight is 393 g/mol. The topological polar surface area (TPSA) is 67.2 Å². The molecule has 0 spiro atoms. The molecule has 0 bridgehead atoms. The molecule has 2 heterocycles. The Kier molecular flexibility index (Phi) is 4.79. The van der Waals surface area contributed by atoms with Crippen LogP contribution in [0.4, 0.5) is 5.69 Å². The van der Waals surface area contributed by atoms with Crippen molar-refractivity contribution in [3.63, 3.8) is 0 Å². The van der Waals surface area contributed by atoms with Gasteiger partial charge in [0.05, 0.1) is 24.5 Å². The third kappa shape index (κ3) is 3.12. The molecule has 140 valence electrons. The van der Waals surface area contributed by atoms with E-state index in [9.17, 15) is 4.79 Å². The van der Waals surface area contributed by atoms with Crippen LogP contribution in [0.15, 0.2) is 58.7 Å². The van der Waals surface area contributed by atoms with E-state index < -0.39 is 0 Å². The summed E-state index contributed by atoms with van der Waals surface area (Å²) >= 11 is 6.27. The van der Waals surface area contributed by atoms with Gasteiger partial charge in [0.2, 0.25) is 0 Å². The third-order valence-corrected chi connectivity index (χ3v) is 4.87. The summed E-state index contributed by atoms with van der Waals surface area (Å²) in [4.78, 5) is 18.7. The number of carbonyl (C=O) groups is 1. The Bertz CT molecular complexity index is 1140. The van der Waals surface area contributed by atoms with Crippen LogP contribution >= 0.6 is 11.6 Å². The molecule has 7 heteroatoms. The Balaban J connectivity index is 1.70. The quantitative estimate of drug-likeness (QED) is 0.381. The van der Waals surface area contributed by atoms with Gasteiger partial charge in [-0.25, -0.2) is 4.98 Å². The number of likely N-dealkylation sites (N-methyl/N-ethyl adjacent to an activating group) is 1. The maximum Gasteiger partial charge on any atom is 0.279 e. The van der Waals surface area contributed by atoms with Crippen molar-refractivity contribution < 1.29 is 9.53 Å². The second-order valence-electron chi connectivity index (χ2n) is 6.19. The summed E-state index contributed by atoms with van der Waals surface area (Å²) < 4.78 is 5.25. The number of pyridine rings is 1. The van der Waals surface area contributed by atoms with E-state index in [0.717, 1.165) is 27.9 Å². The van der Waals surface area contributed by atoms with Gasteiger partial charge in [0.1, 0.15) is 10.9 Å². The molecule has 0 radical (unpaired) electrons. The van der Waals surface area contributed by atoms with E-state index >= 15 is 0 Å². The number of rotatable bonds is 4. The van der Waals surface area contributed by atoms with Crippen LogP contribution in [0, 0.1) is 0 Å². The van der Waals surface area contributed by atoms with E-state index in [2.05, 4.69) is 15.2 Å². The van der Waals surface area contributed by atoms with Gasteiger partial charge in [-0.2, -0.15) is 5.10 Å². The second kappa shape index (κ2) is 7.40. The molecule has 0 N–H and O–H groups in total. The maximum atomic E-state index is 12.6. The average Bonchev–Trinajstić information content (AvgIpc) is 2.99. The number of nitrogens with zero attached hydrogens (tertiary/aromatic N) is 4. The molecule has 4 rings (SSSR count). The van der Waals surface area contributed by atoms with Gasteiger partial charge in [-0.3, -0.25) is 4.79 Å². The zero-order valence-electron chi connectivity index (χ0n) is 15.4. The van der Waals surface area contributed by atoms with Crippen molar-refractivity contribution in [1.82, 2.24) is 4.98 Å². The van der Waals surface area contributed by atoms with Crippen molar-refractivity contribution in [1.29, 1.82) is 0 Å². The first kappa shape index (κ1) is 18.1. The van der Waals surface area contributed by atoms with E-state index in [1.54, 1.807) is 12.0 Å². The van der Waals surface area contributed by atoms with Gasteiger partial charge < -0.3 is 9.64 Å². The highest BCUT2D eigenvalue weighted by Gasteiger charge is 2.32. The minimum atomic E-state index is -0.159. The monoisotopic (exact) mass is 392 g/mol. The summed E-state index contributed by atoms with van der Waals surface area (Å²) in [6.45, 7) is 2.50. The molecule has 28 heavy (non-hydrogen) atoms. The molecular weight excluding hydrogens is 376 g/mol. The Labute approximate surface area is 167 Å². The summed E-state index contributed by atoms with van der Waals surface area (Å²) in [5.41, 5.74) is 3.31. The molecule has 1 aliphatic rings. The first-order chi connectivity index (χ1) is 13.6. The van der Waals surface area contributed by atoms with E-state index in [-0.39, 0.29) is 5.91 Å². The van der Waals surface area contributed by atoms with E-state index in [0.29, 0.717) is 23.0 Å². The molecule has 0 unspecified atom stereocenters. The van der Waals surface area contributed by atoms with Crippen LogP contribution < -0.4 is 9.64 Å². The summed E-state index contributed by atoms with van der Waals surface area (Å²) in [5.74, 6) is 0.570. The lowest BCUT2D eigenvalue weighted by atomic mass is 10.1. The van der Waals surface area contributed by atoms with Gasteiger partial charge in [0.15, 0.2) is 5.71 Å². The molecule has 6 nitrogen and oxygen atoms in total. The number of amides is 1. The Morgan fingerprint density at radius 3 is 2.82 bits per heavy atom. The molecule has 0 fully saturated rings. The largest absolute Gasteiger partial charge is 0.497 e. The third-order valence-electron chi connectivity index (χ3n) is 4.57. The van der Waals surface area contributed by atoms with Crippen molar-refractivity contribution in [2.45, 2.75) is 6.92 Å². The van der Waals surface area contributed by atoms with Crippen molar-refractivity contribution in [2.75, 3.05) is 18.6 Å². The Morgan fingerprint density at radius 1 is 1.21 bits per heavy atom. The highest BCUT2D eigenvalue weighted by molar-refractivity contribution is 6.54. The number of benzene rings is 2. The number of hydrogen-bond donors (Lipinski definition) is 0. The fourth-order valence-corrected chi connectivity index (χ4v) is 3.38. The number of halogens is 1. The predicted molar refractivity (Wildman–Crippen MR) is 112 cm³/mol. The predicted octanol–water partition coefficient (Wildman–Crippen LogP) is 4.09. The molecule has 3 aromatic rings. The fourth-order valence-electron chi connectivity index (χ4n) is 3.19. The van der Waals surface area contributed by atoms with Gasteiger partial charge in [0.25, 0.3) is 5.91 Å². The van der Waals surface area contributed by atoms with Crippen LogP contribution in [0.25, 0.3) is 10.9 Å². The Hall–Kier alpha value is -3.25.